The first-order valence-corrected chi connectivity index (χ1v) is 6.13. The van der Waals surface area contributed by atoms with Crippen LogP contribution in [-0.2, 0) is 13.6 Å². The van der Waals surface area contributed by atoms with Gasteiger partial charge in [0.15, 0.2) is 0 Å². The molecule has 0 aliphatic carbocycles. The lowest BCUT2D eigenvalue weighted by atomic mass is 10.3. The summed E-state index contributed by atoms with van der Waals surface area (Å²) in [6, 6.07) is 10.1. The van der Waals surface area contributed by atoms with Gasteiger partial charge >= 0.3 is 0 Å². The van der Waals surface area contributed by atoms with Crippen LogP contribution in [0, 0.1) is 0 Å². The largest absolute Gasteiger partial charge is 0.378 e. The van der Waals surface area contributed by atoms with Gasteiger partial charge in [0.2, 0.25) is 0 Å². The van der Waals surface area contributed by atoms with E-state index in [0.29, 0.717) is 6.54 Å². The van der Waals surface area contributed by atoms with Gasteiger partial charge in [-0.1, -0.05) is 18.2 Å². The lowest BCUT2D eigenvalue weighted by molar-refractivity contribution is 0.768. The van der Waals surface area contributed by atoms with E-state index in [1.807, 2.05) is 56.0 Å². The van der Waals surface area contributed by atoms with E-state index in [0.717, 1.165) is 22.8 Å². The monoisotopic (exact) mass is 253 g/mol. The van der Waals surface area contributed by atoms with Crippen LogP contribution in [0.25, 0.3) is 11.3 Å². The van der Waals surface area contributed by atoms with Gasteiger partial charge in [-0.15, -0.1) is 0 Å². The number of hydrogen-bond donors (Lipinski definition) is 2. The second kappa shape index (κ2) is 4.97. The first-order chi connectivity index (χ1) is 9.31. The number of para-hydroxylation sites is 1. The van der Waals surface area contributed by atoms with Gasteiger partial charge in [-0.25, -0.2) is 4.98 Å². The lowest BCUT2D eigenvalue weighted by Crippen LogP contribution is -2.00. The van der Waals surface area contributed by atoms with Crippen LogP contribution in [0.1, 0.15) is 5.82 Å². The minimum atomic E-state index is 0.671. The van der Waals surface area contributed by atoms with Crippen LogP contribution in [0.4, 0.5) is 5.69 Å². The number of imidazole rings is 1. The Morgan fingerprint density at radius 3 is 2.79 bits per heavy atom. The van der Waals surface area contributed by atoms with Gasteiger partial charge in [0.05, 0.1) is 24.6 Å². The van der Waals surface area contributed by atoms with E-state index >= 15 is 0 Å². The van der Waals surface area contributed by atoms with Crippen LogP contribution in [0.15, 0.2) is 48.9 Å². The third-order valence-corrected chi connectivity index (χ3v) is 2.88. The Balaban J connectivity index is 1.68. The molecule has 0 aliphatic rings. The van der Waals surface area contributed by atoms with Crippen molar-refractivity contribution in [3.63, 3.8) is 0 Å². The summed E-state index contributed by atoms with van der Waals surface area (Å²) in [6.45, 7) is 0.671. The quantitative estimate of drug-likeness (QED) is 0.750. The molecule has 0 saturated carbocycles. The van der Waals surface area contributed by atoms with Crippen molar-refractivity contribution in [2.24, 2.45) is 7.05 Å². The van der Waals surface area contributed by atoms with E-state index in [9.17, 15) is 0 Å². The molecule has 0 saturated heterocycles. The number of nitrogens with zero attached hydrogens (tertiary/aromatic N) is 3. The molecule has 0 aliphatic heterocycles. The van der Waals surface area contributed by atoms with Crippen molar-refractivity contribution >= 4 is 5.69 Å². The highest BCUT2D eigenvalue weighted by molar-refractivity contribution is 5.56. The predicted octanol–water partition coefficient (Wildman–Crippen LogP) is 2.42. The topological polar surface area (TPSA) is 58.5 Å². The van der Waals surface area contributed by atoms with Crippen molar-refractivity contribution in [2.45, 2.75) is 6.54 Å². The molecule has 0 radical (unpaired) electrons. The maximum Gasteiger partial charge on any atom is 0.125 e. The van der Waals surface area contributed by atoms with Crippen LogP contribution in [0.2, 0.25) is 0 Å². The van der Waals surface area contributed by atoms with Gasteiger partial charge in [-0.3, -0.25) is 4.68 Å². The Bertz CT molecular complexity index is 653. The van der Waals surface area contributed by atoms with Crippen molar-refractivity contribution < 1.29 is 0 Å². The van der Waals surface area contributed by atoms with Crippen LogP contribution >= 0.6 is 0 Å². The number of nitrogens with one attached hydrogen (secondary N) is 2. The minimum absolute atomic E-state index is 0.671. The van der Waals surface area contributed by atoms with Gasteiger partial charge in [0.1, 0.15) is 5.82 Å². The molecular formula is C14H15N5. The van der Waals surface area contributed by atoms with E-state index in [-0.39, 0.29) is 0 Å². The Hall–Kier alpha value is -2.56. The maximum atomic E-state index is 4.36. The second-order valence-electron chi connectivity index (χ2n) is 4.37. The van der Waals surface area contributed by atoms with Crippen LogP contribution in [-0.4, -0.2) is 19.7 Å². The van der Waals surface area contributed by atoms with Gasteiger partial charge in [0, 0.05) is 24.5 Å². The zero-order valence-corrected chi connectivity index (χ0v) is 10.7. The third kappa shape index (κ3) is 2.65. The smallest absolute Gasteiger partial charge is 0.125 e. The van der Waals surface area contributed by atoms with Gasteiger partial charge in [-0.2, -0.15) is 5.10 Å². The Morgan fingerprint density at radius 1 is 1.21 bits per heavy atom. The van der Waals surface area contributed by atoms with E-state index in [2.05, 4.69) is 20.4 Å². The molecule has 3 rings (SSSR count). The fourth-order valence-electron chi connectivity index (χ4n) is 1.90. The molecule has 5 heteroatoms. The summed E-state index contributed by atoms with van der Waals surface area (Å²) in [5.41, 5.74) is 3.11. The predicted molar refractivity (Wildman–Crippen MR) is 74.6 cm³/mol. The summed E-state index contributed by atoms with van der Waals surface area (Å²) in [4.78, 5) is 7.65. The van der Waals surface area contributed by atoms with Crippen molar-refractivity contribution in [3.8, 4) is 11.3 Å². The summed E-state index contributed by atoms with van der Waals surface area (Å²) in [7, 11) is 1.90. The molecular weight excluding hydrogens is 238 g/mol. The fraction of sp³-hybridized carbons (Fsp3) is 0.143. The summed E-state index contributed by atoms with van der Waals surface area (Å²) in [5, 5.41) is 7.47. The molecule has 19 heavy (non-hydrogen) atoms. The first kappa shape index (κ1) is 11.5. The Kier molecular flexibility index (Phi) is 3.02. The third-order valence-electron chi connectivity index (χ3n) is 2.88. The fourth-order valence-corrected chi connectivity index (χ4v) is 1.90. The SMILES string of the molecule is Cn1cc(-c2cnc(CNc3ccccc3)[nH]2)cn1. The van der Waals surface area contributed by atoms with Crippen LogP contribution in [0.3, 0.4) is 0 Å². The van der Waals surface area contributed by atoms with Gasteiger partial charge in [0.25, 0.3) is 0 Å². The van der Waals surface area contributed by atoms with Gasteiger partial charge in [-0.05, 0) is 12.1 Å². The molecule has 0 fully saturated rings. The van der Waals surface area contributed by atoms with Crippen LogP contribution < -0.4 is 5.32 Å². The number of anilines is 1. The average Bonchev–Trinajstić information content (AvgIpc) is 3.06. The summed E-state index contributed by atoms with van der Waals surface area (Å²) in [5.74, 6) is 0.905. The Labute approximate surface area is 111 Å². The lowest BCUT2D eigenvalue weighted by Gasteiger charge is -2.03. The number of rotatable bonds is 4. The molecule has 2 aromatic heterocycles. The average molecular weight is 253 g/mol. The van der Waals surface area contributed by atoms with E-state index in [4.69, 9.17) is 0 Å². The highest BCUT2D eigenvalue weighted by atomic mass is 15.2. The standard InChI is InChI=1S/C14H15N5/c1-19-10-11(7-17-19)13-8-16-14(18-13)9-15-12-5-3-2-4-6-12/h2-8,10,15H,9H2,1H3,(H,16,18). The van der Waals surface area contributed by atoms with E-state index in [1.165, 1.54) is 0 Å². The molecule has 0 bridgehead atoms. The van der Waals surface area contributed by atoms with Crippen molar-refractivity contribution in [3.05, 3.63) is 54.7 Å². The van der Waals surface area contributed by atoms with Crippen molar-refractivity contribution in [1.29, 1.82) is 0 Å². The van der Waals surface area contributed by atoms with E-state index in [1.54, 1.807) is 4.68 Å². The van der Waals surface area contributed by atoms with Crippen molar-refractivity contribution in [1.82, 2.24) is 19.7 Å². The molecule has 0 atom stereocenters. The molecule has 2 heterocycles. The molecule has 1 aromatic carbocycles. The molecule has 2 N–H and O–H groups in total. The van der Waals surface area contributed by atoms with Gasteiger partial charge < -0.3 is 10.3 Å². The summed E-state index contributed by atoms with van der Waals surface area (Å²) >= 11 is 0. The number of aromatic amines is 1. The number of aromatic nitrogens is 4. The highest BCUT2D eigenvalue weighted by Crippen LogP contribution is 2.16. The molecule has 96 valence electrons. The second-order valence-corrected chi connectivity index (χ2v) is 4.37. The molecule has 5 nitrogen and oxygen atoms in total. The summed E-state index contributed by atoms with van der Waals surface area (Å²) in [6.07, 6.45) is 5.61. The zero-order valence-electron chi connectivity index (χ0n) is 10.7. The highest BCUT2D eigenvalue weighted by Gasteiger charge is 2.04. The van der Waals surface area contributed by atoms with Crippen molar-refractivity contribution in [2.75, 3.05) is 5.32 Å². The summed E-state index contributed by atoms with van der Waals surface area (Å²) < 4.78 is 1.78. The molecule has 3 aromatic rings. The Morgan fingerprint density at radius 2 is 2.05 bits per heavy atom. The van der Waals surface area contributed by atoms with Crippen LogP contribution in [0.5, 0.6) is 0 Å². The number of aryl methyl sites for hydroxylation is 1. The number of hydrogen-bond acceptors (Lipinski definition) is 3. The maximum absolute atomic E-state index is 4.36. The normalized spacial score (nSPS) is 10.6. The number of H-pyrrole nitrogens is 1. The zero-order chi connectivity index (χ0) is 13.1. The molecule has 0 spiro atoms. The van der Waals surface area contributed by atoms with E-state index < -0.39 is 0 Å². The first-order valence-electron chi connectivity index (χ1n) is 6.13. The molecule has 0 unspecified atom stereocenters. The number of benzene rings is 1. The minimum Gasteiger partial charge on any atom is -0.378 e. The molecule has 0 amide bonds.